The first kappa shape index (κ1) is 13.3. The van der Waals surface area contributed by atoms with Crippen LogP contribution in [-0.4, -0.2) is 36.1 Å². The second kappa shape index (κ2) is 5.67. The van der Waals surface area contributed by atoms with Crippen LogP contribution >= 0.6 is 12.2 Å². The van der Waals surface area contributed by atoms with E-state index in [0.717, 1.165) is 25.3 Å². The Balaban J connectivity index is 2.09. The van der Waals surface area contributed by atoms with E-state index in [2.05, 4.69) is 24.1 Å². The van der Waals surface area contributed by atoms with Crippen molar-refractivity contribution in [3.8, 4) is 5.75 Å². The molecule has 1 aliphatic heterocycles. The number of nitrogens with zero attached hydrogens (tertiary/aromatic N) is 1. The SMILES string of the molecule is CC(C(N)=S)N(C)CC1CCOc2ccccc21. The van der Waals surface area contributed by atoms with Crippen molar-refractivity contribution in [1.82, 2.24) is 4.90 Å². The number of benzene rings is 1. The summed E-state index contributed by atoms with van der Waals surface area (Å²) in [5.74, 6) is 1.52. The molecule has 0 fully saturated rings. The molecular formula is C14H20N2OS. The van der Waals surface area contributed by atoms with Crippen LogP contribution in [0.2, 0.25) is 0 Å². The van der Waals surface area contributed by atoms with Crippen molar-refractivity contribution < 1.29 is 4.74 Å². The van der Waals surface area contributed by atoms with E-state index in [1.54, 1.807) is 0 Å². The summed E-state index contributed by atoms with van der Waals surface area (Å²) in [6, 6.07) is 8.41. The standard InChI is InChI=1S/C14H20N2OS/c1-10(14(15)18)16(2)9-11-7-8-17-13-6-4-3-5-12(11)13/h3-6,10-11H,7-9H2,1-2H3,(H2,15,18). The summed E-state index contributed by atoms with van der Waals surface area (Å²) >= 11 is 5.05. The summed E-state index contributed by atoms with van der Waals surface area (Å²) in [4.78, 5) is 2.77. The minimum absolute atomic E-state index is 0.134. The average Bonchev–Trinajstić information content (AvgIpc) is 2.38. The van der Waals surface area contributed by atoms with Crippen molar-refractivity contribution in [1.29, 1.82) is 0 Å². The van der Waals surface area contributed by atoms with Gasteiger partial charge in [0.25, 0.3) is 0 Å². The Morgan fingerprint density at radius 3 is 3.00 bits per heavy atom. The van der Waals surface area contributed by atoms with E-state index in [9.17, 15) is 0 Å². The van der Waals surface area contributed by atoms with Gasteiger partial charge in [0, 0.05) is 12.5 Å². The number of rotatable bonds is 4. The molecule has 0 saturated carbocycles. The Labute approximate surface area is 114 Å². The van der Waals surface area contributed by atoms with Crippen LogP contribution in [0.15, 0.2) is 24.3 Å². The second-order valence-electron chi connectivity index (χ2n) is 4.89. The highest BCUT2D eigenvalue weighted by Crippen LogP contribution is 2.33. The highest BCUT2D eigenvalue weighted by Gasteiger charge is 2.24. The van der Waals surface area contributed by atoms with Crippen LogP contribution < -0.4 is 10.5 Å². The molecule has 98 valence electrons. The fraction of sp³-hybridized carbons (Fsp3) is 0.500. The average molecular weight is 264 g/mol. The van der Waals surface area contributed by atoms with Crippen LogP contribution in [0, 0.1) is 0 Å². The maximum atomic E-state index is 5.70. The van der Waals surface area contributed by atoms with E-state index in [1.165, 1.54) is 5.56 Å². The fourth-order valence-corrected chi connectivity index (χ4v) is 2.51. The van der Waals surface area contributed by atoms with Gasteiger partial charge in [-0.05, 0) is 32.0 Å². The highest BCUT2D eigenvalue weighted by atomic mass is 32.1. The number of thiocarbonyl (C=S) groups is 1. The summed E-state index contributed by atoms with van der Waals surface area (Å²) in [5.41, 5.74) is 7.00. The summed E-state index contributed by atoms with van der Waals surface area (Å²) in [7, 11) is 2.07. The van der Waals surface area contributed by atoms with Crippen LogP contribution in [0.3, 0.4) is 0 Å². The highest BCUT2D eigenvalue weighted by molar-refractivity contribution is 7.80. The Morgan fingerprint density at radius 2 is 2.28 bits per heavy atom. The summed E-state index contributed by atoms with van der Waals surface area (Å²) in [6.45, 7) is 3.80. The van der Waals surface area contributed by atoms with Crippen molar-refractivity contribution in [3.63, 3.8) is 0 Å². The van der Waals surface area contributed by atoms with E-state index in [1.807, 2.05) is 19.1 Å². The van der Waals surface area contributed by atoms with E-state index in [4.69, 9.17) is 22.7 Å². The van der Waals surface area contributed by atoms with Gasteiger partial charge in [-0.3, -0.25) is 4.90 Å². The quantitative estimate of drug-likeness (QED) is 0.846. The minimum atomic E-state index is 0.134. The molecule has 2 rings (SSSR count). The lowest BCUT2D eigenvalue weighted by atomic mass is 9.92. The molecule has 0 spiro atoms. The molecule has 1 aliphatic rings. The molecule has 4 heteroatoms. The number of hydrogen-bond acceptors (Lipinski definition) is 3. The van der Waals surface area contributed by atoms with E-state index < -0.39 is 0 Å². The monoisotopic (exact) mass is 264 g/mol. The molecule has 1 aromatic carbocycles. The summed E-state index contributed by atoms with van der Waals surface area (Å²) in [5, 5.41) is 0. The van der Waals surface area contributed by atoms with Crippen LogP contribution in [0.4, 0.5) is 0 Å². The van der Waals surface area contributed by atoms with Gasteiger partial charge in [0.2, 0.25) is 0 Å². The lowest BCUT2D eigenvalue weighted by molar-refractivity contribution is 0.224. The normalized spacial score (nSPS) is 20.1. The maximum Gasteiger partial charge on any atom is 0.122 e. The van der Waals surface area contributed by atoms with Crippen LogP contribution in [0.5, 0.6) is 5.75 Å². The van der Waals surface area contributed by atoms with Crippen molar-refractivity contribution >= 4 is 17.2 Å². The third kappa shape index (κ3) is 2.82. The first-order valence-electron chi connectivity index (χ1n) is 6.31. The smallest absolute Gasteiger partial charge is 0.122 e. The largest absolute Gasteiger partial charge is 0.493 e. The van der Waals surface area contributed by atoms with E-state index >= 15 is 0 Å². The van der Waals surface area contributed by atoms with Crippen molar-refractivity contribution in [2.24, 2.45) is 5.73 Å². The molecule has 18 heavy (non-hydrogen) atoms. The van der Waals surface area contributed by atoms with Crippen molar-refractivity contribution in [2.75, 3.05) is 20.2 Å². The van der Waals surface area contributed by atoms with Crippen molar-refractivity contribution in [3.05, 3.63) is 29.8 Å². The Bertz CT molecular complexity index is 436. The lowest BCUT2D eigenvalue weighted by Gasteiger charge is -2.32. The molecule has 1 heterocycles. The number of nitrogens with two attached hydrogens (primary N) is 1. The topological polar surface area (TPSA) is 38.5 Å². The van der Waals surface area contributed by atoms with Gasteiger partial charge in [-0.25, -0.2) is 0 Å². The molecule has 2 unspecified atom stereocenters. The number of fused-ring (bicyclic) bond motifs is 1. The molecule has 2 N–H and O–H groups in total. The predicted octanol–water partition coefficient (Wildman–Crippen LogP) is 2.16. The van der Waals surface area contributed by atoms with Gasteiger partial charge in [-0.1, -0.05) is 30.4 Å². The molecule has 0 saturated heterocycles. The van der Waals surface area contributed by atoms with Gasteiger partial charge < -0.3 is 10.5 Å². The first-order valence-corrected chi connectivity index (χ1v) is 6.71. The minimum Gasteiger partial charge on any atom is -0.493 e. The zero-order valence-electron chi connectivity index (χ0n) is 10.9. The van der Waals surface area contributed by atoms with Gasteiger partial charge in [-0.2, -0.15) is 0 Å². The van der Waals surface area contributed by atoms with Gasteiger partial charge in [-0.15, -0.1) is 0 Å². The Hall–Kier alpha value is -1.13. The summed E-state index contributed by atoms with van der Waals surface area (Å²) in [6.07, 6.45) is 1.05. The molecular weight excluding hydrogens is 244 g/mol. The number of likely N-dealkylation sites (N-methyl/N-ethyl adjacent to an activating group) is 1. The van der Waals surface area contributed by atoms with Gasteiger partial charge in [0.15, 0.2) is 0 Å². The Kier molecular flexibility index (Phi) is 4.19. The van der Waals surface area contributed by atoms with Gasteiger partial charge in [0.05, 0.1) is 17.6 Å². The molecule has 0 aromatic heterocycles. The third-order valence-corrected chi connectivity index (χ3v) is 4.01. The van der Waals surface area contributed by atoms with E-state index in [-0.39, 0.29) is 6.04 Å². The van der Waals surface area contributed by atoms with Gasteiger partial charge in [0.1, 0.15) is 5.75 Å². The number of para-hydroxylation sites is 1. The zero-order chi connectivity index (χ0) is 13.1. The first-order chi connectivity index (χ1) is 8.59. The third-order valence-electron chi connectivity index (χ3n) is 3.66. The number of ether oxygens (including phenoxy) is 1. The van der Waals surface area contributed by atoms with Crippen LogP contribution in [0.25, 0.3) is 0 Å². The molecule has 3 nitrogen and oxygen atoms in total. The molecule has 1 aromatic rings. The fourth-order valence-electron chi connectivity index (χ4n) is 2.33. The van der Waals surface area contributed by atoms with Crippen LogP contribution in [0.1, 0.15) is 24.8 Å². The summed E-state index contributed by atoms with van der Waals surface area (Å²) < 4.78 is 5.67. The second-order valence-corrected chi connectivity index (χ2v) is 5.36. The zero-order valence-corrected chi connectivity index (χ0v) is 11.7. The van der Waals surface area contributed by atoms with Crippen LogP contribution in [-0.2, 0) is 0 Å². The molecule has 0 amide bonds. The predicted molar refractivity (Wildman–Crippen MR) is 78.2 cm³/mol. The Morgan fingerprint density at radius 1 is 1.56 bits per heavy atom. The molecule has 0 aliphatic carbocycles. The number of hydrogen-bond donors (Lipinski definition) is 1. The lowest BCUT2D eigenvalue weighted by Crippen LogP contribution is -2.41. The van der Waals surface area contributed by atoms with E-state index in [0.29, 0.717) is 10.9 Å². The maximum absolute atomic E-state index is 5.70. The van der Waals surface area contributed by atoms with Crippen molar-refractivity contribution in [2.45, 2.75) is 25.3 Å². The molecule has 0 bridgehead atoms. The van der Waals surface area contributed by atoms with Gasteiger partial charge >= 0.3 is 0 Å². The molecule has 0 radical (unpaired) electrons. The molecule has 2 atom stereocenters.